The number of rotatable bonds is 7. The van der Waals surface area contributed by atoms with Crippen LogP contribution in [-0.4, -0.2) is 27.2 Å². The molecule has 0 unspecified atom stereocenters. The number of para-hydroxylation sites is 2. The highest BCUT2D eigenvalue weighted by atomic mass is 32.2. The molecule has 0 heterocycles. The number of methoxy groups -OCH3 is 1. The molecule has 0 spiro atoms. The van der Waals surface area contributed by atoms with Crippen molar-refractivity contribution in [2.24, 2.45) is 0 Å². The molecule has 8 heteroatoms. The van der Waals surface area contributed by atoms with Gasteiger partial charge in [-0.15, -0.1) is 0 Å². The Labute approximate surface area is 160 Å². The molecule has 2 aromatic carbocycles. The molecular weight excluding hydrogens is 370 g/mol. The fraction of sp³-hybridized carbons (Fsp3) is 0.278. The Hall–Kier alpha value is -2.32. The third kappa shape index (κ3) is 5.09. The number of thiocarbonyl (C=S) groups is 1. The lowest BCUT2D eigenvalue weighted by Crippen LogP contribution is -2.29. The van der Waals surface area contributed by atoms with Crippen LogP contribution in [0.15, 0.2) is 47.4 Å². The zero-order valence-corrected chi connectivity index (χ0v) is 16.6. The second kappa shape index (κ2) is 8.86. The summed E-state index contributed by atoms with van der Waals surface area (Å²) in [5.74, 6) is 0.452. The Kier molecular flexibility index (Phi) is 6.82. The number of ether oxygens (including phenoxy) is 1. The van der Waals surface area contributed by atoms with E-state index in [4.69, 9.17) is 17.0 Å². The molecule has 0 bridgehead atoms. The number of hydrogen-bond acceptors (Lipinski definition) is 4. The Morgan fingerprint density at radius 3 is 2.62 bits per heavy atom. The Morgan fingerprint density at radius 1 is 1.19 bits per heavy atom. The van der Waals surface area contributed by atoms with Gasteiger partial charge in [0.15, 0.2) is 5.11 Å². The van der Waals surface area contributed by atoms with Crippen molar-refractivity contribution in [1.82, 2.24) is 5.32 Å². The molecule has 0 aliphatic heterocycles. The second-order valence-corrected chi connectivity index (χ2v) is 7.73. The van der Waals surface area contributed by atoms with Crippen LogP contribution in [-0.2, 0) is 10.0 Å². The van der Waals surface area contributed by atoms with Crippen LogP contribution in [0.25, 0.3) is 0 Å². The molecule has 0 aliphatic carbocycles. The van der Waals surface area contributed by atoms with Crippen LogP contribution in [0.5, 0.6) is 5.75 Å². The van der Waals surface area contributed by atoms with Gasteiger partial charge < -0.3 is 15.4 Å². The number of anilines is 2. The summed E-state index contributed by atoms with van der Waals surface area (Å²) in [6.45, 7) is 4.53. The highest BCUT2D eigenvalue weighted by Gasteiger charge is 2.19. The number of nitrogens with one attached hydrogen (secondary N) is 3. The Bertz CT molecular complexity index is 883. The zero-order chi connectivity index (χ0) is 19.2. The first kappa shape index (κ1) is 20.0. The molecule has 2 rings (SSSR count). The van der Waals surface area contributed by atoms with Gasteiger partial charge in [-0.25, -0.2) is 8.42 Å². The van der Waals surface area contributed by atoms with Crippen molar-refractivity contribution in [3.8, 4) is 5.75 Å². The zero-order valence-electron chi connectivity index (χ0n) is 15.0. The van der Waals surface area contributed by atoms with E-state index in [-0.39, 0.29) is 4.90 Å². The van der Waals surface area contributed by atoms with Crippen LogP contribution in [0.2, 0.25) is 0 Å². The minimum Gasteiger partial charge on any atom is -0.495 e. The number of sulfonamides is 1. The van der Waals surface area contributed by atoms with Crippen LogP contribution in [0, 0.1) is 6.92 Å². The van der Waals surface area contributed by atoms with Gasteiger partial charge in [-0.05, 0) is 55.4 Å². The van der Waals surface area contributed by atoms with Crippen LogP contribution in [0.4, 0.5) is 11.4 Å². The first-order valence-corrected chi connectivity index (χ1v) is 10.1. The fourth-order valence-corrected chi connectivity index (χ4v) is 3.87. The summed E-state index contributed by atoms with van der Waals surface area (Å²) >= 11 is 5.20. The maximum Gasteiger partial charge on any atom is 0.262 e. The van der Waals surface area contributed by atoms with Gasteiger partial charge in [-0.2, -0.15) is 0 Å². The largest absolute Gasteiger partial charge is 0.495 e. The topological polar surface area (TPSA) is 79.5 Å². The molecule has 6 nitrogen and oxygen atoms in total. The molecule has 0 saturated heterocycles. The van der Waals surface area contributed by atoms with E-state index in [1.165, 1.54) is 7.11 Å². The number of benzene rings is 2. The average molecular weight is 394 g/mol. The minimum absolute atomic E-state index is 0.173. The standard InChI is InChI=1S/C18H23N3O3S2/c1-4-11-19-18(25)20-14-10-9-13(2)17(12-14)26(22,23)21-15-7-5-6-8-16(15)24-3/h5-10,12,21H,4,11H2,1-3H3,(H2,19,20,25). The predicted octanol–water partition coefficient (Wildman–Crippen LogP) is 3.50. The molecule has 2 aromatic rings. The Morgan fingerprint density at radius 2 is 1.92 bits per heavy atom. The van der Waals surface area contributed by atoms with Crippen molar-refractivity contribution in [1.29, 1.82) is 0 Å². The quantitative estimate of drug-likeness (QED) is 0.625. The molecule has 0 amide bonds. The second-order valence-electron chi connectivity index (χ2n) is 5.67. The van der Waals surface area contributed by atoms with Crippen molar-refractivity contribution < 1.29 is 13.2 Å². The molecule has 140 valence electrons. The lowest BCUT2D eigenvalue weighted by atomic mass is 10.2. The smallest absolute Gasteiger partial charge is 0.262 e. The Balaban J connectivity index is 2.28. The molecule has 0 atom stereocenters. The summed E-state index contributed by atoms with van der Waals surface area (Å²) in [6, 6.07) is 11.9. The molecule has 26 heavy (non-hydrogen) atoms. The molecular formula is C18H23N3O3S2. The van der Waals surface area contributed by atoms with E-state index in [2.05, 4.69) is 15.4 Å². The third-order valence-electron chi connectivity index (χ3n) is 3.62. The summed E-state index contributed by atoms with van der Waals surface area (Å²) in [4.78, 5) is 0.173. The van der Waals surface area contributed by atoms with E-state index in [0.29, 0.717) is 27.8 Å². The maximum atomic E-state index is 12.9. The van der Waals surface area contributed by atoms with E-state index in [0.717, 1.165) is 13.0 Å². The normalized spacial score (nSPS) is 10.9. The summed E-state index contributed by atoms with van der Waals surface area (Å²) in [5, 5.41) is 6.51. The summed E-state index contributed by atoms with van der Waals surface area (Å²) < 4.78 is 33.5. The molecule has 3 N–H and O–H groups in total. The van der Waals surface area contributed by atoms with Gasteiger partial charge in [-0.1, -0.05) is 25.1 Å². The van der Waals surface area contributed by atoms with Gasteiger partial charge in [0.1, 0.15) is 5.75 Å². The molecule has 0 aliphatic rings. The van der Waals surface area contributed by atoms with Gasteiger partial charge in [-0.3, -0.25) is 4.72 Å². The van der Waals surface area contributed by atoms with E-state index in [1.807, 2.05) is 6.92 Å². The van der Waals surface area contributed by atoms with Gasteiger partial charge in [0.25, 0.3) is 10.0 Å². The van der Waals surface area contributed by atoms with Crippen LogP contribution < -0.4 is 20.1 Å². The van der Waals surface area contributed by atoms with Crippen LogP contribution >= 0.6 is 12.2 Å². The fourth-order valence-electron chi connectivity index (χ4n) is 2.31. The van der Waals surface area contributed by atoms with E-state index >= 15 is 0 Å². The highest BCUT2D eigenvalue weighted by Crippen LogP contribution is 2.28. The lowest BCUT2D eigenvalue weighted by Gasteiger charge is -2.15. The number of hydrogen-bond donors (Lipinski definition) is 3. The lowest BCUT2D eigenvalue weighted by molar-refractivity contribution is 0.417. The molecule has 0 saturated carbocycles. The predicted molar refractivity (Wildman–Crippen MR) is 109 cm³/mol. The molecule has 0 aromatic heterocycles. The van der Waals surface area contributed by atoms with E-state index in [1.54, 1.807) is 49.4 Å². The molecule has 0 radical (unpaired) electrons. The summed E-state index contributed by atoms with van der Waals surface area (Å²) in [7, 11) is -2.29. The minimum atomic E-state index is -3.79. The van der Waals surface area contributed by atoms with Gasteiger partial charge in [0, 0.05) is 12.2 Å². The SMILES string of the molecule is CCCNC(=S)Nc1ccc(C)c(S(=O)(=O)Nc2ccccc2OC)c1. The summed E-state index contributed by atoms with van der Waals surface area (Å²) in [6.07, 6.45) is 0.943. The first-order valence-electron chi connectivity index (χ1n) is 8.18. The highest BCUT2D eigenvalue weighted by molar-refractivity contribution is 7.92. The number of aryl methyl sites for hydroxylation is 1. The average Bonchev–Trinajstić information content (AvgIpc) is 2.61. The first-order chi connectivity index (χ1) is 12.4. The van der Waals surface area contributed by atoms with Crippen molar-refractivity contribution >= 4 is 38.7 Å². The maximum absolute atomic E-state index is 12.9. The van der Waals surface area contributed by atoms with Crippen LogP contribution in [0.1, 0.15) is 18.9 Å². The van der Waals surface area contributed by atoms with Gasteiger partial charge in [0.2, 0.25) is 0 Å². The van der Waals surface area contributed by atoms with Crippen molar-refractivity contribution in [3.05, 3.63) is 48.0 Å². The van der Waals surface area contributed by atoms with E-state index < -0.39 is 10.0 Å². The summed E-state index contributed by atoms with van der Waals surface area (Å²) in [5.41, 5.74) is 1.61. The van der Waals surface area contributed by atoms with E-state index in [9.17, 15) is 8.42 Å². The third-order valence-corrected chi connectivity index (χ3v) is 5.38. The van der Waals surface area contributed by atoms with Crippen LogP contribution in [0.3, 0.4) is 0 Å². The van der Waals surface area contributed by atoms with Crippen molar-refractivity contribution in [2.45, 2.75) is 25.2 Å². The monoisotopic (exact) mass is 393 g/mol. The van der Waals surface area contributed by atoms with Crippen molar-refractivity contribution in [2.75, 3.05) is 23.7 Å². The van der Waals surface area contributed by atoms with Gasteiger partial charge >= 0.3 is 0 Å². The van der Waals surface area contributed by atoms with Crippen molar-refractivity contribution in [3.63, 3.8) is 0 Å². The van der Waals surface area contributed by atoms with Gasteiger partial charge in [0.05, 0.1) is 17.7 Å². The molecule has 0 fully saturated rings.